The number of hydrogen-bond donors (Lipinski definition) is 2. The van der Waals surface area contributed by atoms with Crippen LogP contribution in [0.5, 0.6) is 0 Å². The van der Waals surface area contributed by atoms with Crippen molar-refractivity contribution in [1.29, 1.82) is 0 Å². The Labute approximate surface area is 114 Å². The summed E-state index contributed by atoms with van der Waals surface area (Å²) in [5.41, 5.74) is 0.0428. The predicted molar refractivity (Wildman–Crippen MR) is 76.7 cm³/mol. The molecule has 0 amide bonds. The van der Waals surface area contributed by atoms with Crippen LogP contribution in [0.3, 0.4) is 0 Å². The molecule has 0 saturated carbocycles. The molecule has 2 aromatic rings. The Hall–Kier alpha value is -1.64. The zero-order chi connectivity index (χ0) is 13.9. The topological polar surface area (TPSA) is 40.5 Å². The average molecular weight is 256 g/mol. The molecular weight excluding hydrogens is 236 g/mol. The lowest BCUT2D eigenvalue weighted by Gasteiger charge is -2.36. The van der Waals surface area contributed by atoms with Gasteiger partial charge in [-0.05, 0) is 17.0 Å². The lowest BCUT2D eigenvalue weighted by atomic mass is 9.78. The Morgan fingerprint density at radius 2 is 1.16 bits per heavy atom. The van der Waals surface area contributed by atoms with E-state index >= 15 is 0 Å². The van der Waals surface area contributed by atoms with Gasteiger partial charge < -0.3 is 10.2 Å². The van der Waals surface area contributed by atoms with Crippen molar-refractivity contribution < 1.29 is 10.2 Å². The summed E-state index contributed by atoms with van der Waals surface area (Å²) in [5, 5.41) is 21.6. The summed E-state index contributed by atoms with van der Waals surface area (Å²) in [6, 6.07) is 18.7. The first-order valence-corrected chi connectivity index (χ1v) is 6.58. The standard InChI is InChI=1S/C17H20O2/c1-13(2)16(18)17(19,14-9-5-3-6-10-14)15-11-7-4-8-12-15/h3-13,16,18-19H,1-2H3/t16-/m0/s1. The van der Waals surface area contributed by atoms with Gasteiger partial charge in [0.25, 0.3) is 0 Å². The molecule has 0 bridgehead atoms. The molecule has 0 saturated heterocycles. The first-order valence-electron chi connectivity index (χ1n) is 6.58. The van der Waals surface area contributed by atoms with E-state index in [4.69, 9.17) is 0 Å². The first-order chi connectivity index (χ1) is 9.06. The fraction of sp³-hybridized carbons (Fsp3) is 0.294. The third kappa shape index (κ3) is 2.55. The van der Waals surface area contributed by atoms with Crippen molar-refractivity contribution in [2.24, 2.45) is 5.92 Å². The second-order valence-corrected chi connectivity index (χ2v) is 5.19. The van der Waals surface area contributed by atoms with Crippen LogP contribution in [-0.4, -0.2) is 16.3 Å². The van der Waals surface area contributed by atoms with E-state index in [0.29, 0.717) is 11.1 Å². The van der Waals surface area contributed by atoms with Crippen molar-refractivity contribution in [3.63, 3.8) is 0 Å². The summed E-state index contributed by atoms with van der Waals surface area (Å²) in [5.74, 6) is -0.0505. The van der Waals surface area contributed by atoms with Gasteiger partial charge in [-0.1, -0.05) is 74.5 Å². The van der Waals surface area contributed by atoms with E-state index in [1.807, 2.05) is 74.5 Å². The van der Waals surface area contributed by atoms with E-state index in [2.05, 4.69) is 0 Å². The van der Waals surface area contributed by atoms with Crippen LogP contribution in [0.2, 0.25) is 0 Å². The van der Waals surface area contributed by atoms with Crippen LogP contribution in [0, 0.1) is 5.92 Å². The lowest BCUT2D eigenvalue weighted by molar-refractivity contribution is -0.0717. The smallest absolute Gasteiger partial charge is 0.141 e. The molecule has 0 aliphatic rings. The quantitative estimate of drug-likeness (QED) is 0.883. The number of rotatable bonds is 4. The van der Waals surface area contributed by atoms with E-state index in [1.165, 1.54) is 0 Å². The second-order valence-electron chi connectivity index (χ2n) is 5.19. The monoisotopic (exact) mass is 256 g/mol. The fourth-order valence-corrected chi connectivity index (χ4v) is 2.38. The van der Waals surface area contributed by atoms with E-state index < -0.39 is 11.7 Å². The highest BCUT2D eigenvalue weighted by molar-refractivity contribution is 5.37. The van der Waals surface area contributed by atoms with Gasteiger partial charge in [-0.2, -0.15) is 0 Å². The molecule has 0 unspecified atom stereocenters. The molecule has 0 spiro atoms. The maximum absolute atomic E-state index is 11.1. The van der Waals surface area contributed by atoms with Crippen LogP contribution in [0.15, 0.2) is 60.7 Å². The van der Waals surface area contributed by atoms with Gasteiger partial charge in [-0.15, -0.1) is 0 Å². The molecule has 2 aromatic carbocycles. The number of benzene rings is 2. The maximum atomic E-state index is 11.1. The SMILES string of the molecule is CC(C)[C@H](O)C(O)(c1ccccc1)c1ccccc1. The van der Waals surface area contributed by atoms with Gasteiger partial charge in [0, 0.05) is 0 Å². The third-order valence-corrected chi connectivity index (χ3v) is 3.49. The maximum Gasteiger partial charge on any atom is 0.141 e. The van der Waals surface area contributed by atoms with Gasteiger partial charge in [-0.25, -0.2) is 0 Å². The molecule has 0 fully saturated rings. The van der Waals surface area contributed by atoms with Crippen molar-refractivity contribution in [2.75, 3.05) is 0 Å². The lowest BCUT2D eigenvalue weighted by Crippen LogP contribution is -2.43. The minimum absolute atomic E-state index is 0.0505. The fourth-order valence-electron chi connectivity index (χ4n) is 2.38. The first kappa shape index (κ1) is 13.8. The minimum atomic E-state index is -1.38. The van der Waals surface area contributed by atoms with Crippen molar-refractivity contribution in [2.45, 2.75) is 25.6 Å². The van der Waals surface area contributed by atoms with Crippen molar-refractivity contribution in [1.82, 2.24) is 0 Å². The van der Waals surface area contributed by atoms with Crippen molar-refractivity contribution in [3.05, 3.63) is 71.8 Å². The van der Waals surface area contributed by atoms with Crippen LogP contribution in [0.4, 0.5) is 0 Å². The molecule has 0 heterocycles. The molecule has 1 atom stereocenters. The van der Waals surface area contributed by atoms with Gasteiger partial charge >= 0.3 is 0 Å². The molecule has 2 nitrogen and oxygen atoms in total. The Kier molecular flexibility index (Phi) is 4.03. The summed E-state index contributed by atoms with van der Waals surface area (Å²) in [4.78, 5) is 0. The molecule has 100 valence electrons. The van der Waals surface area contributed by atoms with Gasteiger partial charge in [0.15, 0.2) is 0 Å². The highest BCUT2D eigenvalue weighted by Gasteiger charge is 2.40. The van der Waals surface area contributed by atoms with Crippen LogP contribution >= 0.6 is 0 Å². The molecule has 19 heavy (non-hydrogen) atoms. The Morgan fingerprint density at radius 3 is 1.47 bits per heavy atom. The summed E-state index contributed by atoms with van der Waals surface area (Å²) in [7, 11) is 0. The Bertz CT molecular complexity index is 466. The van der Waals surface area contributed by atoms with E-state index in [9.17, 15) is 10.2 Å². The highest BCUT2D eigenvalue weighted by atomic mass is 16.3. The van der Waals surface area contributed by atoms with E-state index in [0.717, 1.165) is 0 Å². The molecule has 2 heteroatoms. The number of hydrogen-bond acceptors (Lipinski definition) is 2. The largest absolute Gasteiger partial charge is 0.389 e. The molecule has 0 aliphatic heterocycles. The predicted octanol–water partition coefficient (Wildman–Crippen LogP) is 2.94. The van der Waals surface area contributed by atoms with Gasteiger partial charge in [-0.3, -0.25) is 0 Å². The molecular formula is C17H20O2. The van der Waals surface area contributed by atoms with Crippen LogP contribution < -0.4 is 0 Å². The summed E-state index contributed by atoms with van der Waals surface area (Å²) < 4.78 is 0. The Balaban J connectivity index is 2.57. The molecule has 0 radical (unpaired) electrons. The van der Waals surface area contributed by atoms with Crippen LogP contribution in [0.1, 0.15) is 25.0 Å². The second kappa shape index (κ2) is 5.55. The summed E-state index contributed by atoms with van der Waals surface area (Å²) in [6.45, 7) is 3.81. The van der Waals surface area contributed by atoms with Gasteiger partial charge in [0.1, 0.15) is 5.60 Å². The summed E-state index contributed by atoms with van der Waals surface area (Å²) >= 11 is 0. The van der Waals surface area contributed by atoms with Crippen molar-refractivity contribution in [3.8, 4) is 0 Å². The van der Waals surface area contributed by atoms with E-state index in [-0.39, 0.29) is 5.92 Å². The van der Waals surface area contributed by atoms with Gasteiger partial charge in [0.2, 0.25) is 0 Å². The van der Waals surface area contributed by atoms with Crippen molar-refractivity contribution >= 4 is 0 Å². The number of aliphatic hydroxyl groups excluding tert-OH is 1. The van der Waals surface area contributed by atoms with Gasteiger partial charge in [0.05, 0.1) is 6.10 Å². The minimum Gasteiger partial charge on any atom is -0.389 e. The molecule has 0 aliphatic carbocycles. The highest BCUT2D eigenvalue weighted by Crippen LogP contribution is 2.35. The number of aliphatic hydroxyl groups is 2. The van der Waals surface area contributed by atoms with Crippen LogP contribution in [-0.2, 0) is 5.60 Å². The molecule has 2 rings (SSSR count). The molecule has 0 aromatic heterocycles. The van der Waals surface area contributed by atoms with Crippen LogP contribution in [0.25, 0.3) is 0 Å². The third-order valence-electron chi connectivity index (χ3n) is 3.49. The Morgan fingerprint density at radius 1 is 0.789 bits per heavy atom. The van der Waals surface area contributed by atoms with E-state index in [1.54, 1.807) is 0 Å². The molecule has 2 N–H and O–H groups in total. The summed E-state index contributed by atoms with van der Waals surface area (Å²) in [6.07, 6.45) is -0.864. The zero-order valence-electron chi connectivity index (χ0n) is 11.3. The average Bonchev–Trinajstić information content (AvgIpc) is 2.47. The zero-order valence-corrected chi connectivity index (χ0v) is 11.3. The normalized spacial score (nSPS) is 13.5.